The van der Waals surface area contributed by atoms with Gasteiger partial charge in [0.25, 0.3) is 11.6 Å². The maximum absolute atomic E-state index is 12.0. The van der Waals surface area contributed by atoms with Crippen molar-refractivity contribution in [2.45, 2.75) is 19.0 Å². The van der Waals surface area contributed by atoms with E-state index in [4.69, 9.17) is 10.5 Å². The highest BCUT2D eigenvalue weighted by molar-refractivity contribution is 5.81. The van der Waals surface area contributed by atoms with Crippen molar-refractivity contribution in [2.75, 3.05) is 12.3 Å². The number of fused-ring (bicyclic) bond motifs is 1. The molecule has 0 radical (unpaired) electrons. The number of aromatic nitrogens is 2. The fourth-order valence-electron chi connectivity index (χ4n) is 1.64. The number of H-pyrrole nitrogens is 1. The number of benzene rings is 1. The number of nitrogens with two attached hydrogens (primary N) is 1. The van der Waals surface area contributed by atoms with Crippen molar-refractivity contribution in [3.8, 4) is 6.01 Å². The number of aromatic amines is 1. The Morgan fingerprint density at radius 2 is 2.10 bits per heavy atom. The number of alkyl halides is 3. The van der Waals surface area contributed by atoms with Crippen LogP contribution in [0, 0.1) is 0 Å². The number of anilines is 1. The highest BCUT2D eigenvalue weighted by atomic mass is 19.4. The normalized spacial score (nSPS) is 11.8. The molecule has 0 amide bonds. The van der Waals surface area contributed by atoms with E-state index in [0.29, 0.717) is 16.6 Å². The first kappa shape index (κ1) is 14.2. The number of hydrogen-bond donors (Lipinski definition) is 2. The zero-order valence-corrected chi connectivity index (χ0v) is 10.3. The summed E-state index contributed by atoms with van der Waals surface area (Å²) in [6.07, 6.45) is -5.36. The average molecular weight is 287 g/mol. The number of hydrogen-bond acceptors (Lipinski definition) is 4. The van der Waals surface area contributed by atoms with Crippen LogP contribution in [0.15, 0.2) is 23.0 Å². The summed E-state index contributed by atoms with van der Waals surface area (Å²) in [4.78, 5) is 18.1. The second kappa shape index (κ2) is 5.40. The monoisotopic (exact) mass is 287 g/mol. The maximum Gasteiger partial charge on any atom is 0.389 e. The van der Waals surface area contributed by atoms with Crippen LogP contribution in [0.25, 0.3) is 10.9 Å². The highest BCUT2D eigenvalue weighted by Gasteiger charge is 2.26. The average Bonchev–Trinajstić information content (AvgIpc) is 2.34. The van der Waals surface area contributed by atoms with Crippen LogP contribution >= 0.6 is 0 Å². The minimum Gasteiger partial charge on any atom is -0.465 e. The molecule has 5 nitrogen and oxygen atoms in total. The summed E-state index contributed by atoms with van der Waals surface area (Å²) in [5, 5.41) is 0.299. The molecule has 20 heavy (non-hydrogen) atoms. The summed E-state index contributed by atoms with van der Waals surface area (Å²) in [7, 11) is 0. The Hall–Kier alpha value is -2.25. The minimum atomic E-state index is -4.22. The van der Waals surface area contributed by atoms with E-state index in [9.17, 15) is 18.0 Å². The van der Waals surface area contributed by atoms with E-state index in [1.54, 1.807) is 12.1 Å². The smallest absolute Gasteiger partial charge is 0.389 e. The minimum absolute atomic E-state index is 0.102. The van der Waals surface area contributed by atoms with Gasteiger partial charge in [-0.05, 0) is 24.6 Å². The van der Waals surface area contributed by atoms with Crippen LogP contribution in [0.5, 0.6) is 6.01 Å². The van der Waals surface area contributed by atoms with Crippen molar-refractivity contribution >= 4 is 16.6 Å². The predicted octanol–water partition coefficient (Wildman–Crippen LogP) is 2.23. The molecule has 0 unspecified atom stereocenters. The third kappa shape index (κ3) is 3.62. The lowest BCUT2D eigenvalue weighted by Gasteiger charge is -2.07. The number of ether oxygens (including phenoxy) is 1. The van der Waals surface area contributed by atoms with Gasteiger partial charge in [0, 0.05) is 12.1 Å². The maximum atomic E-state index is 12.0. The van der Waals surface area contributed by atoms with Crippen molar-refractivity contribution in [3.63, 3.8) is 0 Å². The third-order valence-electron chi connectivity index (χ3n) is 2.55. The SMILES string of the molecule is Nc1ccc2nc(OCCCC(F)(F)F)[nH]c(=O)c2c1. The first-order valence-corrected chi connectivity index (χ1v) is 5.84. The van der Waals surface area contributed by atoms with E-state index in [-0.39, 0.29) is 19.0 Å². The fraction of sp³-hybridized carbons (Fsp3) is 0.333. The number of halogens is 3. The van der Waals surface area contributed by atoms with Gasteiger partial charge in [0.05, 0.1) is 17.5 Å². The lowest BCUT2D eigenvalue weighted by Crippen LogP contribution is -2.14. The van der Waals surface area contributed by atoms with Gasteiger partial charge in [-0.2, -0.15) is 18.2 Å². The molecule has 2 aromatic rings. The third-order valence-corrected chi connectivity index (χ3v) is 2.55. The highest BCUT2D eigenvalue weighted by Crippen LogP contribution is 2.21. The Balaban J connectivity index is 2.08. The summed E-state index contributed by atoms with van der Waals surface area (Å²) >= 11 is 0. The molecule has 8 heteroatoms. The van der Waals surface area contributed by atoms with Crippen LogP contribution < -0.4 is 16.0 Å². The zero-order chi connectivity index (χ0) is 14.8. The van der Waals surface area contributed by atoms with Crippen molar-refractivity contribution in [3.05, 3.63) is 28.6 Å². The zero-order valence-electron chi connectivity index (χ0n) is 10.3. The number of rotatable bonds is 4. The van der Waals surface area contributed by atoms with Gasteiger partial charge in [-0.25, -0.2) is 0 Å². The molecular formula is C12H12F3N3O2. The standard InChI is InChI=1S/C12H12F3N3O2/c13-12(14,15)4-1-5-20-11-17-9-3-2-7(16)6-8(9)10(19)18-11/h2-3,6H,1,4-5,16H2,(H,17,18,19). The Kier molecular flexibility index (Phi) is 3.82. The van der Waals surface area contributed by atoms with Crippen LogP contribution in [0.3, 0.4) is 0 Å². The Labute approximate surface area is 111 Å². The Morgan fingerprint density at radius 3 is 2.80 bits per heavy atom. The molecule has 0 aliphatic rings. The van der Waals surface area contributed by atoms with Gasteiger partial charge in [-0.1, -0.05) is 0 Å². The van der Waals surface area contributed by atoms with Crippen LogP contribution in [0.2, 0.25) is 0 Å². The lowest BCUT2D eigenvalue weighted by molar-refractivity contribution is -0.136. The summed E-state index contributed by atoms with van der Waals surface area (Å²) in [6, 6.07) is 4.48. The fourth-order valence-corrected chi connectivity index (χ4v) is 1.64. The van der Waals surface area contributed by atoms with Crippen molar-refractivity contribution in [2.24, 2.45) is 0 Å². The van der Waals surface area contributed by atoms with E-state index in [0.717, 1.165) is 0 Å². The molecule has 0 aliphatic carbocycles. The van der Waals surface area contributed by atoms with Gasteiger partial charge in [0.15, 0.2) is 0 Å². The summed E-state index contributed by atoms with van der Waals surface area (Å²) < 4.78 is 40.9. The van der Waals surface area contributed by atoms with Gasteiger partial charge in [0.2, 0.25) is 0 Å². The predicted molar refractivity (Wildman–Crippen MR) is 67.6 cm³/mol. The molecule has 0 fully saturated rings. The topological polar surface area (TPSA) is 81.0 Å². The summed E-state index contributed by atoms with van der Waals surface area (Å²) in [5.41, 5.74) is 5.89. The van der Waals surface area contributed by atoms with Gasteiger partial charge in [0.1, 0.15) is 0 Å². The van der Waals surface area contributed by atoms with E-state index < -0.39 is 18.2 Å². The second-order valence-corrected chi connectivity index (χ2v) is 4.21. The number of nitrogens with zero attached hydrogens (tertiary/aromatic N) is 1. The summed E-state index contributed by atoms with van der Waals surface area (Å²) in [5.74, 6) is 0. The van der Waals surface area contributed by atoms with E-state index >= 15 is 0 Å². The van der Waals surface area contributed by atoms with Crippen LogP contribution in [0.4, 0.5) is 18.9 Å². The first-order chi connectivity index (χ1) is 9.35. The first-order valence-electron chi connectivity index (χ1n) is 5.84. The molecule has 0 bridgehead atoms. The number of nitrogen functional groups attached to an aromatic ring is 1. The van der Waals surface area contributed by atoms with E-state index in [1.165, 1.54) is 6.07 Å². The lowest BCUT2D eigenvalue weighted by atomic mass is 10.2. The van der Waals surface area contributed by atoms with Crippen LogP contribution in [0.1, 0.15) is 12.8 Å². The van der Waals surface area contributed by atoms with Crippen LogP contribution in [-0.2, 0) is 0 Å². The van der Waals surface area contributed by atoms with Crippen molar-refractivity contribution < 1.29 is 17.9 Å². The Morgan fingerprint density at radius 1 is 1.35 bits per heavy atom. The molecule has 108 valence electrons. The van der Waals surface area contributed by atoms with Gasteiger partial charge < -0.3 is 10.5 Å². The largest absolute Gasteiger partial charge is 0.465 e. The van der Waals surface area contributed by atoms with Gasteiger partial charge >= 0.3 is 6.18 Å². The molecule has 0 atom stereocenters. The molecule has 0 spiro atoms. The van der Waals surface area contributed by atoms with Crippen molar-refractivity contribution in [1.29, 1.82) is 0 Å². The molecular weight excluding hydrogens is 275 g/mol. The Bertz CT molecular complexity index is 667. The summed E-state index contributed by atoms with van der Waals surface area (Å²) in [6.45, 7) is -0.178. The van der Waals surface area contributed by atoms with Gasteiger partial charge in [-0.3, -0.25) is 9.78 Å². The molecule has 0 saturated heterocycles. The molecule has 2 rings (SSSR count). The molecule has 1 heterocycles. The van der Waals surface area contributed by atoms with Gasteiger partial charge in [-0.15, -0.1) is 0 Å². The van der Waals surface area contributed by atoms with Crippen molar-refractivity contribution in [1.82, 2.24) is 9.97 Å². The quantitative estimate of drug-likeness (QED) is 0.667. The molecule has 3 N–H and O–H groups in total. The van der Waals surface area contributed by atoms with Crippen LogP contribution in [-0.4, -0.2) is 22.8 Å². The van der Waals surface area contributed by atoms with E-state index in [2.05, 4.69) is 9.97 Å². The molecule has 0 saturated carbocycles. The molecule has 0 aliphatic heterocycles. The van der Waals surface area contributed by atoms with E-state index in [1.807, 2.05) is 0 Å². The molecule has 1 aromatic carbocycles. The molecule has 1 aromatic heterocycles. The second-order valence-electron chi connectivity index (χ2n) is 4.21. The number of nitrogens with one attached hydrogen (secondary N) is 1.